The van der Waals surface area contributed by atoms with Crippen LogP contribution in [0.25, 0.3) is 0 Å². The van der Waals surface area contributed by atoms with Gasteiger partial charge in [0.05, 0.1) is 20.3 Å². The summed E-state index contributed by atoms with van der Waals surface area (Å²) in [5.41, 5.74) is -3.22. The van der Waals surface area contributed by atoms with E-state index in [2.05, 4.69) is 14.7 Å². The third-order valence-corrected chi connectivity index (χ3v) is 3.77. The van der Waals surface area contributed by atoms with Crippen LogP contribution in [0.5, 0.6) is 17.8 Å². The maximum Gasteiger partial charge on any atom is 0.437 e. The number of ether oxygens (including phenoxy) is 4. The number of methoxy groups -OCH3 is 2. The summed E-state index contributed by atoms with van der Waals surface area (Å²) in [6.45, 7) is 0. The summed E-state index contributed by atoms with van der Waals surface area (Å²) in [5.74, 6) is -1.19. The minimum Gasteiger partial charge on any atom is -0.481 e. The molecule has 1 aliphatic rings. The minimum atomic E-state index is -4.92. The van der Waals surface area contributed by atoms with Crippen LogP contribution in [-0.4, -0.2) is 42.4 Å². The normalized spacial score (nSPS) is 22.2. The van der Waals surface area contributed by atoms with E-state index in [1.54, 1.807) is 6.07 Å². The molecule has 1 aliphatic heterocycles. The Balaban J connectivity index is 2.01. The molecule has 0 aliphatic carbocycles. The molecule has 2 aromatic rings. The van der Waals surface area contributed by atoms with Crippen molar-refractivity contribution in [3.63, 3.8) is 0 Å². The Morgan fingerprint density at radius 3 is 2.12 bits per heavy atom. The first-order chi connectivity index (χ1) is 12.3. The van der Waals surface area contributed by atoms with Gasteiger partial charge in [0.2, 0.25) is 11.8 Å². The first-order valence-corrected chi connectivity index (χ1v) is 7.30. The van der Waals surface area contributed by atoms with Crippen molar-refractivity contribution < 1.29 is 36.9 Å². The fourth-order valence-corrected chi connectivity index (χ4v) is 2.52. The molecule has 138 valence electrons. The van der Waals surface area contributed by atoms with E-state index in [9.17, 15) is 18.0 Å². The topological polar surface area (TPSA) is 79.8 Å². The molecule has 1 aromatic heterocycles. The van der Waals surface area contributed by atoms with Gasteiger partial charge in [0.1, 0.15) is 0 Å². The first-order valence-electron chi connectivity index (χ1n) is 7.30. The largest absolute Gasteiger partial charge is 0.481 e. The molecule has 1 aromatic carbocycles. The number of aromatic nitrogens is 2. The van der Waals surface area contributed by atoms with Gasteiger partial charge in [-0.3, -0.25) is 0 Å². The van der Waals surface area contributed by atoms with Gasteiger partial charge in [-0.1, -0.05) is 30.3 Å². The second kappa shape index (κ2) is 6.36. The molecule has 26 heavy (non-hydrogen) atoms. The highest BCUT2D eigenvalue weighted by atomic mass is 19.4. The fraction of sp³-hybridized carbons (Fsp3) is 0.312. The van der Waals surface area contributed by atoms with E-state index in [1.165, 1.54) is 44.6 Å². The van der Waals surface area contributed by atoms with Crippen LogP contribution in [0, 0.1) is 0 Å². The Bertz CT molecular complexity index is 793. The van der Waals surface area contributed by atoms with Crippen LogP contribution in [0.1, 0.15) is 5.56 Å². The number of rotatable bonds is 5. The summed E-state index contributed by atoms with van der Waals surface area (Å²) in [5, 5.41) is 0. The first kappa shape index (κ1) is 17.8. The molecule has 0 amide bonds. The highest BCUT2D eigenvalue weighted by Gasteiger charge is 2.75. The second-order valence-corrected chi connectivity index (χ2v) is 5.25. The Morgan fingerprint density at radius 2 is 1.65 bits per heavy atom. The Hall–Kier alpha value is -3.04. The number of hydrogen-bond acceptors (Lipinski definition) is 7. The zero-order valence-corrected chi connectivity index (χ0v) is 13.6. The molecule has 0 saturated carbocycles. The summed E-state index contributed by atoms with van der Waals surface area (Å²) >= 11 is 0. The zero-order chi connectivity index (χ0) is 18.9. The molecule has 0 spiro atoms. The highest BCUT2D eigenvalue weighted by Crippen LogP contribution is 2.52. The SMILES string of the molecule is COc1cc(OC)nc(OC2C(=O)OC2(c2ccccc2)C(F)(F)F)n1. The molecule has 0 N–H and O–H groups in total. The predicted molar refractivity (Wildman–Crippen MR) is 79.8 cm³/mol. The second-order valence-electron chi connectivity index (χ2n) is 5.25. The minimum absolute atomic E-state index is 0.00291. The van der Waals surface area contributed by atoms with Gasteiger partial charge in [-0.05, 0) is 0 Å². The number of benzene rings is 1. The highest BCUT2D eigenvalue weighted by molar-refractivity contribution is 5.84. The number of esters is 1. The maximum absolute atomic E-state index is 13.8. The molecule has 2 unspecified atom stereocenters. The van der Waals surface area contributed by atoms with Crippen molar-refractivity contribution in [1.82, 2.24) is 9.97 Å². The molecule has 10 heteroatoms. The number of halogens is 3. The van der Waals surface area contributed by atoms with Gasteiger partial charge in [0.25, 0.3) is 11.7 Å². The quantitative estimate of drug-likeness (QED) is 0.747. The summed E-state index contributed by atoms with van der Waals surface area (Å²) < 4.78 is 61.0. The van der Waals surface area contributed by atoms with Crippen molar-refractivity contribution in [3.05, 3.63) is 42.0 Å². The van der Waals surface area contributed by atoms with Crippen LogP contribution in [0.3, 0.4) is 0 Å². The van der Waals surface area contributed by atoms with E-state index >= 15 is 0 Å². The van der Waals surface area contributed by atoms with Gasteiger partial charge in [0.15, 0.2) is 0 Å². The average Bonchev–Trinajstić information content (AvgIpc) is 2.63. The van der Waals surface area contributed by atoms with Crippen LogP contribution in [0.15, 0.2) is 36.4 Å². The molecule has 2 atom stereocenters. The number of carbonyl (C=O) groups excluding carboxylic acids is 1. The van der Waals surface area contributed by atoms with Crippen LogP contribution >= 0.6 is 0 Å². The van der Waals surface area contributed by atoms with Gasteiger partial charge in [-0.2, -0.15) is 23.1 Å². The van der Waals surface area contributed by atoms with Crippen molar-refractivity contribution in [2.75, 3.05) is 14.2 Å². The van der Waals surface area contributed by atoms with Crippen molar-refractivity contribution in [2.45, 2.75) is 17.9 Å². The third-order valence-electron chi connectivity index (χ3n) is 3.77. The lowest BCUT2D eigenvalue weighted by Gasteiger charge is -2.46. The molecule has 7 nitrogen and oxygen atoms in total. The van der Waals surface area contributed by atoms with Crippen LogP contribution in [0.2, 0.25) is 0 Å². The lowest BCUT2D eigenvalue weighted by molar-refractivity contribution is -0.338. The molecule has 0 bridgehead atoms. The van der Waals surface area contributed by atoms with Gasteiger partial charge >= 0.3 is 18.2 Å². The lowest BCUT2D eigenvalue weighted by Crippen LogP contribution is -2.69. The zero-order valence-electron chi connectivity index (χ0n) is 13.6. The Morgan fingerprint density at radius 1 is 1.08 bits per heavy atom. The summed E-state index contributed by atoms with van der Waals surface area (Å²) in [6.07, 6.45) is -6.93. The molecule has 1 saturated heterocycles. The average molecular weight is 370 g/mol. The van der Waals surface area contributed by atoms with Crippen LogP contribution in [-0.2, 0) is 15.1 Å². The molecule has 1 fully saturated rings. The Kier molecular flexibility index (Phi) is 4.34. The van der Waals surface area contributed by atoms with Gasteiger partial charge in [-0.25, -0.2) is 4.79 Å². The van der Waals surface area contributed by atoms with Gasteiger partial charge in [0, 0.05) is 5.56 Å². The smallest absolute Gasteiger partial charge is 0.437 e. The van der Waals surface area contributed by atoms with E-state index < -0.39 is 29.9 Å². The third kappa shape index (κ3) is 2.76. The van der Waals surface area contributed by atoms with Crippen molar-refractivity contribution >= 4 is 5.97 Å². The van der Waals surface area contributed by atoms with E-state index in [0.717, 1.165) is 0 Å². The summed E-state index contributed by atoms with van der Waals surface area (Å²) in [6, 6.07) is 7.54. The molecular weight excluding hydrogens is 357 g/mol. The number of carbonyl (C=O) groups is 1. The number of cyclic esters (lactones) is 1. The van der Waals surface area contributed by atoms with Crippen molar-refractivity contribution in [2.24, 2.45) is 0 Å². The molecule has 0 radical (unpaired) electrons. The molecular formula is C16H13F3N2O5. The maximum atomic E-state index is 13.8. The van der Waals surface area contributed by atoms with Crippen molar-refractivity contribution in [1.29, 1.82) is 0 Å². The number of nitrogens with zero attached hydrogens (tertiary/aromatic N) is 2. The molecule has 3 rings (SSSR count). The van der Waals surface area contributed by atoms with E-state index in [4.69, 9.17) is 14.2 Å². The van der Waals surface area contributed by atoms with Gasteiger partial charge < -0.3 is 18.9 Å². The van der Waals surface area contributed by atoms with Crippen LogP contribution < -0.4 is 14.2 Å². The fourth-order valence-electron chi connectivity index (χ4n) is 2.52. The van der Waals surface area contributed by atoms with Gasteiger partial charge in [-0.15, -0.1) is 0 Å². The Labute approximate surface area is 145 Å². The van der Waals surface area contributed by atoms with Crippen molar-refractivity contribution in [3.8, 4) is 17.8 Å². The standard InChI is InChI=1S/C16H13F3N2O5/c1-23-10-8-11(24-2)21-14(20-10)25-12-13(22)26-15(12,16(17,18)19)9-6-4-3-5-7-9/h3-8,12H,1-2H3. The lowest BCUT2D eigenvalue weighted by atomic mass is 9.82. The van der Waals surface area contributed by atoms with E-state index in [0.29, 0.717) is 0 Å². The summed E-state index contributed by atoms with van der Waals surface area (Å²) in [7, 11) is 2.60. The number of hydrogen-bond donors (Lipinski definition) is 0. The van der Waals surface area contributed by atoms with Crippen LogP contribution in [0.4, 0.5) is 13.2 Å². The molecule has 2 heterocycles. The van der Waals surface area contributed by atoms with E-state index in [1.807, 2.05) is 0 Å². The van der Waals surface area contributed by atoms with E-state index in [-0.39, 0.29) is 17.3 Å². The predicted octanol–water partition coefficient (Wildman–Crippen LogP) is 2.26. The summed E-state index contributed by atoms with van der Waals surface area (Å²) in [4.78, 5) is 19.4. The monoisotopic (exact) mass is 370 g/mol. The number of alkyl halides is 3.